The van der Waals surface area contributed by atoms with Gasteiger partial charge in [0.05, 0.1) is 17.3 Å². The van der Waals surface area contributed by atoms with Crippen molar-refractivity contribution in [2.45, 2.75) is 6.42 Å². The fourth-order valence-electron chi connectivity index (χ4n) is 2.06. The van der Waals surface area contributed by atoms with E-state index in [9.17, 15) is 4.79 Å². The lowest BCUT2D eigenvalue weighted by atomic mass is 10.0. The maximum absolute atomic E-state index is 12.1. The van der Waals surface area contributed by atoms with E-state index < -0.39 is 0 Å². The van der Waals surface area contributed by atoms with E-state index in [-0.39, 0.29) is 11.8 Å². The number of carbonyl (C=O) groups is 1. The van der Waals surface area contributed by atoms with E-state index in [2.05, 4.69) is 5.10 Å². The maximum atomic E-state index is 12.1. The third-order valence-corrected chi connectivity index (χ3v) is 3.99. The topological polar surface area (TPSA) is 32.7 Å². The molecule has 2 aliphatic rings. The first kappa shape index (κ1) is 9.90. The van der Waals surface area contributed by atoms with Crippen molar-refractivity contribution < 1.29 is 4.79 Å². The third kappa shape index (κ3) is 1.53. The summed E-state index contributed by atoms with van der Waals surface area (Å²) in [6, 6.07) is 9.65. The minimum absolute atomic E-state index is 0.0268. The molecule has 0 N–H and O–H groups in total. The molecule has 0 spiro atoms. The zero-order valence-electron chi connectivity index (χ0n) is 8.80. The standard InChI is InChI=1S/C12H12N2OS/c15-12-10-8-16-7-6-11(10)13-14(12)9-4-2-1-3-5-9/h1-5,10H,6-8H2. The molecule has 2 aliphatic heterocycles. The molecule has 1 amide bonds. The van der Waals surface area contributed by atoms with Crippen molar-refractivity contribution in [2.75, 3.05) is 16.5 Å². The molecule has 1 saturated heterocycles. The molecule has 0 aromatic heterocycles. The number of para-hydroxylation sites is 1. The predicted octanol–water partition coefficient (Wildman–Crippen LogP) is 2.14. The molecule has 1 aromatic rings. The summed E-state index contributed by atoms with van der Waals surface area (Å²) in [6.45, 7) is 0. The summed E-state index contributed by atoms with van der Waals surface area (Å²) in [5.41, 5.74) is 1.94. The highest BCUT2D eigenvalue weighted by molar-refractivity contribution is 7.99. The van der Waals surface area contributed by atoms with Gasteiger partial charge in [0.2, 0.25) is 0 Å². The fourth-order valence-corrected chi connectivity index (χ4v) is 3.15. The SMILES string of the molecule is O=C1C2CSCCC2=NN1c1ccccc1. The Morgan fingerprint density at radius 1 is 1.31 bits per heavy atom. The fraction of sp³-hybridized carbons (Fsp3) is 0.333. The van der Waals surface area contributed by atoms with Crippen molar-refractivity contribution in [2.24, 2.45) is 11.0 Å². The van der Waals surface area contributed by atoms with Gasteiger partial charge in [-0.1, -0.05) is 18.2 Å². The van der Waals surface area contributed by atoms with Gasteiger partial charge in [0.15, 0.2) is 0 Å². The molecule has 0 radical (unpaired) electrons. The van der Waals surface area contributed by atoms with Crippen LogP contribution in [0.2, 0.25) is 0 Å². The number of thioether (sulfide) groups is 1. The summed E-state index contributed by atoms with van der Waals surface area (Å²) in [7, 11) is 0. The molecule has 0 saturated carbocycles. The number of rotatable bonds is 1. The van der Waals surface area contributed by atoms with E-state index in [0.717, 1.165) is 29.3 Å². The van der Waals surface area contributed by atoms with Gasteiger partial charge in [-0.15, -0.1) is 0 Å². The van der Waals surface area contributed by atoms with Crippen molar-refractivity contribution in [1.82, 2.24) is 0 Å². The van der Waals surface area contributed by atoms with Crippen molar-refractivity contribution in [3.63, 3.8) is 0 Å². The van der Waals surface area contributed by atoms with Crippen LogP contribution < -0.4 is 5.01 Å². The zero-order chi connectivity index (χ0) is 11.0. The van der Waals surface area contributed by atoms with Crippen LogP contribution in [0, 0.1) is 5.92 Å². The summed E-state index contributed by atoms with van der Waals surface area (Å²) < 4.78 is 0. The second-order valence-electron chi connectivity index (χ2n) is 3.95. The second kappa shape index (κ2) is 3.94. The van der Waals surface area contributed by atoms with Gasteiger partial charge in [-0.05, 0) is 24.3 Å². The van der Waals surface area contributed by atoms with Crippen LogP contribution in [-0.4, -0.2) is 23.1 Å². The van der Waals surface area contributed by atoms with Crippen molar-refractivity contribution in [1.29, 1.82) is 0 Å². The van der Waals surface area contributed by atoms with Crippen LogP contribution in [0.5, 0.6) is 0 Å². The molecule has 1 unspecified atom stereocenters. The average Bonchev–Trinajstić information content (AvgIpc) is 2.69. The van der Waals surface area contributed by atoms with Crippen LogP contribution in [-0.2, 0) is 4.79 Å². The first-order chi connectivity index (χ1) is 7.86. The van der Waals surface area contributed by atoms with Crippen molar-refractivity contribution in [3.8, 4) is 0 Å². The Bertz CT molecular complexity index is 444. The quantitative estimate of drug-likeness (QED) is 0.743. The molecule has 3 rings (SSSR count). The maximum Gasteiger partial charge on any atom is 0.257 e. The molecular formula is C12H12N2OS. The minimum Gasteiger partial charge on any atom is -0.272 e. The molecule has 0 aliphatic carbocycles. The lowest BCUT2D eigenvalue weighted by molar-refractivity contribution is -0.119. The molecule has 0 bridgehead atoms. The molecule has 1 aromatic carbocycles. The lowest BCUT2D eigenvalue weighted by Crippen LogP contribution is -2.30. The van der Waals surface area contributed by atoms with E-state index >= 15 is 0 Å². The summed E-state index contributed by atoms with van der Waals surface area (Å²) in [6.07, 6.45) is 0.949. The van der Waals surface area contributed by atoms with Crippen molar-refractivity contribution in [3.05, 3.63) is 30.3 Å². The van der Waals surface area contributed by atoms with E-state index in [0.29, 0.717) is 0 Å². The molecule has 1 atom stereocenters. The molecule has 3 nitrogen and oxygen atoms in total. The van der Waals surface area contributed by atoms with E-state index in [1.165, 1.54) is 0 Å². The summed E-state index contributed by atoms with van der Waals surface area (Å²) in [5, 5.41) is 6.01. The third-order valence-electron chi connectivity index (χ3n) is 2.93. The summed E-state index contributed by atoms with van der Waals surface area (Å²) in [5.74, 6) is 2.14. The van der Waals surface area contributed by atoms with Gasteiger partial charge in [0.1, 0.15) is 0 Å². The Balaban J connectivity index is 1.93. The highest BCUT2D eigenvalue weighted by atomic mass is 32.2. The smallest absolute Gasteiger partial charge is 0.257 e. The van der Waals surface area contributed by atoms with Gasteiger partial charge in [-0.3, -0.25) is 4.79 Å². The normalized spacial score (nSPS) is 24.2. The van der Waals surface area contributed by atoms with E-state index in [4.69, 9.17) is 0 Å². The van der Waals surface area contributed by atoms with Gasteiger partial charge < -0.3 is 0 Å². The Morgan fingerprint density at radius 2 is 2.12 bits per heavy atom. The number of carbonyl (C=O) groups excluding carboxylic acids is 1. The Labute approximate surface area is 98.5 Å². The Hall–Kier alpha value is -1.29. The molecule has 4 heteroatoms. The molecular weight excluding hydrogens is 220 g/mol. The van der Waals surface area contributed by atoms with Gasteiger partial charge in [-0.2, -0.15) is 16.9 Å². The predicted molar refractivity (Wildman–Crippen MR) is 66.8 cm³/mol. The highest BCUT2D eigenvalue weighted by Crippen LogP contribution is 2.30. The van der Waals surface area contributed by atoms with E-state index in [1.54, 1.807) is 5.01 Å². The van der Waals surface area contributed by atoms with Crippen LogP contribution in [0.3, 0.4) is 0 Å². The largest absolute Gasteiger partial charge is 0.272 e. The van der Waals surface area contributed by atoms with Gasteiger partial charge in [0.25, 0.3) is 5.91 Å². The van der Waals surface area contributed by atoms with Crippen LogP contribution >= 0.6 is 11.8 Å². The number of hydrogen-bond acceptors (Lipinski definition) is 3. The summed E-state index contributed by atoms with van der Waals surface area (Å²) >= 11 is 1.84. The minimum atomic E-state index is 0.0268. The van der Waals surface area contributed by atoms with Crippen LogP contribution in [0.4, 0.5) is 5.69 Å². The van der Waals surface area contributed by atoms with Gasteiger partial charge in [0, 0.05) is 5.75 Å². The highest BCUT2D eigenvalue weighted by Gasteiger charge is 2.37. The molecule has 1 fully saturated rings. The number of hydrazone groups is 1. The Morgan fingerprint density at radius 3 is 2.88 bits per heavy atom. The number of anilines is 1. The Kier molecular flexibility index (Phi) is 2.44. The van der Waals surface area contributed by atoms with Crippen molar-refractivity contribution >= 4 is 29.1 Å². The zero-order valence-corrected chi connectivity index (χ0v) is 9.61. The molecule has 82 valence electrons. The number of hydrogen-bond donors (Lipinski definition) is 0. The van der Waals surface area contributed by atoms with Crippen LogP contribution in [0.25, 0.3) is 0 Å². The van der Waals surface area contributed by atoms with Gasteiger partial charge in [-0.25, -0.2) is 5.01 Å². The number of fused-ring (bicyclic) bond motifs is 1. The number of amides is 1. The number of nitrogens with zero attached hydrogens (tertiary/aromatic N) is 2. The van der Waals surface area contributed by atoms with E-state index in [1.807, 2.05) is 42.1 Å². The van der Waals surface area contributed by atoms with Gasteiger partial charge >= 0.3 is 0 Å². The first-order valence-corrected chi connectivity index (χ1v) is 6.56. The molecule has 2 heterocycles. The van der Waals surface area contributed by atoms with Crippen LogP contribution in [0.1, 0.15) is 6.42 Å². The second-order valence-corrected chi connectivity index (χ2v) is 5.10. The molecule has 16 heavy (non-hydrogen) atoms. The van der Waals surface area contributed by atoms with Crippen LogP contribution in [0.15, 0.2) is 35.4 Å². The average molecular weight is 232 g/mol. The number of benzene rings is 1. The summed E-state index contributed by atoms with van der Waals surface area (Å²) in [4.78, 5) is 12.1. The monoisotopic (exact) mass is 232 g/mol. The first-order valence-electron chi connectivity index (χ1n) is 5.40. The lowest BCUT2D eigenvalue weighted by Gasteiger charge is -2.16.